The van der Waals surface area contributed by atoms with Gasteiger partial charge in [0.15, 0.2) is 0 Å². The molecule has 0 spiro atoms. The van der Waals surface area contributed by atoms with Crippen LogP contribution in [-0.2, 0) is 9.59 Å². The first-order valence-electron chi connectivity index (χ1n) is 5.62. The molecule has 17 heavy (non-hydrogen) atoms. The number of amides is 3. The Labute approximate surface area is 101 Å². The van der Waals surface area contributed by atoms with Gasteiger partial charge in [-0.25, -0.2) is 4.79 Å². The SMILES string of the molecule is CC(C)C(C)CNC(=O)NC(=O)CCC(=O)O. The van der Waals surface area contributed by atoms with Crippen LogP contribution in [0.25, 0.3) is 0 Å². The van der Waals surface area contributed by atoms with Crippen molar-refractivity contribution in [2.75, 3.05) is 6.54 Å². The summed E-state index contributed by atoms with van der Waals surface area (Å²) in [6.45, 7) is 6.57. The number of urea groups is 1. The maximum atomic E-state index is 11.2. The Bertz CT molecular complexity index is 289. The van der Waals surface area contributed by atoms with Gasteiger partial charge in [-0.1, -0.05) is 20.8 Å². The number of nitrogens with one attached hydrogen (secondary N) is 2. The Kier molecular flexibility index (Phi) is 6.93. The van der Waals surface area contributed by atoms with Crippen LogP contribution >= 0.6 is 0 Å². The molecule has 0 aliphatic heterocycles. The zero-order chi connectivity index (χ0) is 13.4. The third-order valence-electron chi connectivity index (χ3n) is 2.54. The van der Waals surface area contributed by atoms with Gasteiger partial charge < -0.3 is 10.4 Å². The number of aliphatic carboxylic acids is 1. The molecular weight excluding hydrogens is 224 g/mol. The van der Waals surface area contributed by atoms with Crippen LogP contribution in [0.1, 0.15) is 33.6 Å². The van der Waals surface area contributed by atoms with E-state index in [1.807, 2.05) is 20.8 Å². The summed E-state index contributed by atoms with van der Waals surface area (Å²) in [7, 11) is 0. The van der Waals surface area contributed by atoms with Crippen LogP contribution in [0.2, 0.25) is 0 Å². The van der Waals surface area contributed by atoms with Crippen molar-refractivity contribution in [3.63, 3.8) is 0 Å². The summed E-state index contributed by atoms with van der Waals surface area (Å²) in [5.74, 6) is -0.885. The topological polar surface area (TPSA) is 95.5 Å². The van der Waals surface area contributed by atoms with Gasteiger partial charge in [-0.3, -0.25) is 14.9 Å². The first kappa shape index (κ1) is 15.4. The van der Waals surface area contributed by atoms with E-state index in [4.69, 9.17) is 5.11 Å². The molecular formula is C11H20N2O4. The van der Waals surface area contributed by atoms with Gasteiger partial charge in [0.2, 0.25) is 5.91 Å². The van der Waals surface area contributed by atoms with E-state index in [1.165, 1.54) is 0 Å². The fraction of sp³-hybridized carbons (Fsp3) is 0.727. The predicted octanol–water partition coefficient (Wildman–Crippen LogP) is 0.969. The molecule has 6 nitrogen and oxygen atoms in total. The van der Waals surface area contributed by atoms with Crippen LogP contribution < -0.4 is 10.6 Å². The zero-order valence-electron chi connectivity index (χ0n) is 10.4. The summed E-state index contributed by atoms with van der Waals surface area (Å²) in [6, 6.07) is -0.576. The van der Waals surface area contributed by atoms with E-state index in [-0.39, 0.29) is 12.8 Å². The van der Waals surface area contributed by atoms with Gasteiger partial charge in [-0.05, 0) is 11.8 Å². The van der Waals surface area contributed by atoms with Crippen LogP contribution in [0, 0.1) is 11.8 Å². The highest BCUT2D eigenvalue weighted by atomic mass is 16.4. The van der Waals surface area contributed by atoms with Crippen molar-refractivity contribution in [1.29, 1.82) is 0 Å². The van der Waals surface area contributed by atoms with Crippen molar-refractivity contribution in [2.45, 2.75) is 33.6 Å². The van der Waals surface area contributed by atoms with Gasteiger partial charge in [0.05, 0.1) is 6.42 Å². The molecule has 0 heterocycles. The molecule has 0 aliphatic rings. The lowest BCUT2D eigenvalue weighted by molar-refractivity contribution is -0.138. The first-order chi connectivity index (χ1) is 7.82. The highest BCUT2D eigenvalue weighted by Crippen LogP contribution is 2.07. The van der Waals surface area contributed by atoms with E-state index >= 15 is 0 Å². The minimum atomic E-state index is -1.06. The van der Waals surface area contributed by atoms with Crippen LogP contribution in [0.4, 0.5) is 4.79 Å². The van der Waals surface area contributed by atoms with Crippen molar-refractivity contribution >= 4 is 17.9 Å². The molecule has 0 saturated heterocycles. The van der Waals surface area contributed by atoms with Crippen LogP contribution in [0.15, 0.2) is 0 Å². The average molecular weight is 244 g/mol. The normalized spacial score (nSPS) is 12.0. The second kappa shape index (κ2) is 7.65. The van der Waals surface area contributed by atoms with Gasteiger partial charge in [0.25, 0.3) is 0 Å². The van der Waals surface area contributed by atoms with Gasteiger partial charge in [-0.2, -0.15) is 0 Å². The molecule has 98 valence electrons. The first-order valence-corrected chi connectivity index (χ1v) is 5.62. The predicted molar refractivity (Wildman–Crippen MR) is 62.4 cm³/mol. The Hall–Kier alpha value is -1.59. The quantitative estimate of drug-likeness (QED) is 0.648. The molecule has 0 bridgehead atoms. The smallest absolute Gasteiger partial charge is 0.321 e. The third kappa shape index (κ3) is 8.24. The summed E-state index contributed by atoms with van der Waals surface area (Å²) >= 11 is 0. The van der Waals surface area contributed by atoms with Crippen molar-refractivity contribution in [2.24, 2.45) is 11.8 Å². The molecule has 6 heteroatoms. The molecule has 0 aromatic heterocycles. The summed E-state index contributed by atoms with van der Waals surface area (Å²) < 4.78 is 0. The molecule has 0 aliphatic carbocycles. The van der Waals surface area contributed by atoms with Gasteiger partial charge in [0.1, 0.15) is 0 Å². The lowest BCUT2D eigenvalue weighted by Crippen LogP contribution is -2.41. The number of carboxylic acids is 1. The number of carboxylic acid groups (broad SMARTS) is 1. The third-order valence-corrected chi connectivity index (χ3v) is 2.54. The Balaban J connectivity index is 3.78. The monoisotopic (exact) mass is 244 g/mol. The molecule has 0 radical (unpaired) electrons. The number of hydrogen-bond donors (Lipinski definition) is 3. The molecule has 1 unspecified atom stereocenters. The second-order valence-electron chi connectivity index (χ2n) is 4.37. The summed E-state index contributed by atoms with van der Waals surface area (Å²) in [4.78, 5) is 32.5. The van der Waals surface area contributed by atoms with Gasteiger partial charge in [-0.15, -0.1) is 0 Å². The summed E-state index contributed by atoms with van der Waals surface area (Å²) in [5, 5.41) is 13.0. The molecule has 1 atom stereocenters. The second-order valence-corrected chi connectivity index (χ2v) is 4.37. The van der Waals surface area contributed by atoms with Gasteiger partial charge in [0, 0.05) is 13.0 Å². The number of carbonyl (C=O) groups is 3. The van der Waals surface area contributed by atoms with E-state index in [2.05, 4.69) is 10.6 Å². The van der Waals surface area contributed by atoms with Crippen molar-refractivity contribution in [3.05, 3.63) is 0 Å². The van der Waals surface area contributed by atoms with Crippen molar-refractivity contribution in [3.8, 4) is 0 Å². The lowest BCUT2D eigenvalue weighted by atomic mass is 9.98. The zero-order valence-corrected chi connectivity index (χ0v) is 10.4. The Morgan fingerprint density at radius 2 is 1.71 bits per heavy atom. The molecule has 0 aromatic carbocycles. The molecule has 3 N–H and O–H groups in total. The van der Waals surface area contributed by atoms with Crippen LogP contribution in [0.5, 0.6) is 0 Å². The lowest BCUT2D eigenvalue weighted by Gasteiger charge is -2.15. The van der Waals surface area contributed by atoms with E-state index in [9.17, 15) is 14.4 Å². The number of carbonyl (C=O) groups excluding carboxylic acids is 2. The van der Waals surface area contributed by atoms with E-state index < -0.39 is 17.9 Å². The minimum absolute atomic E-state index is 0.192. The number of imide groups is 1. The summed E-state index contributed by atoms with van der Waals surface area (Å²) in [6.07, 6.45) is -0.468. The van der Waals surface area contributed by atoms with Crippen LogP contribution in [0.3, 0.4) is 0 Å². The van der Waals surface area contributed by atoms with E-state index in [0.717, 1.165) is 0 Å². The van der Waals surface area contributed by atoms with Crippen LogP contribution in [-0.4, -0.2) is 29.6 Å². The molecule has 0 fully saturated rings. The average Bonchev–Trinajstić information content (AvgIpc) is 2.22. The molecule has 0 rings (SSSR count). The van der Waals surface area contributed by atoms with Gasteiger partial charge >= 0.3 is 12.0 Å². The largest absolute Gasteiger partial charge is 0.481 e. The standard InChI is InChI=1S/C11H20N2O4/c1-7(2)8(3)6-12-11(17)13-9(14)4-5-10(15)16/h7-8H,4-6H2,1-3H3,(H,15,16)(H2,12,13,14,17). The Morgan fingerprint density at radius 3 is 2.18 bits per heavy atom. The molecule has 3 amide bonds. The van der Waals surface area contributed by atoms with E-state index in [1.54, 1.807) is 0 Å². The Morgan fingerprint density at radius 1 is 1.12 bits per heavy atom. The number of hydrogen-bond acceptors (Lipinski definition) is 3. The summed E-state index contributed by atoms with van der Waals surface area (Å²) in [5.41, 5.74) is 0. The number of rotatable bonds is 6. The van der Waals surface area contributed by atoms with Crippen molar-refractivity contribution in [1.82, 2.24) is 10.6 Å². The molecule has 0 saturated carbocycles. The van der Waals surface area contributed by atoms with E-state index in [0.29, 0.717) is 18.4 Å². The minimum Gasteiger partial charge on any atom is -0.481 e. The highest BCUT2D eigenvalue weighted by Gasteiger charge is 2.11. The maximum absolute atomic E-state index is 11.2. The maximum Gasteiger partial charge on any atom is 0.321 e. The fourth-order valence-electron chi connectivity index (χ4n) is 0.943. The fourth-order valence-corrected chi connectivity index (χ4v) is 0.943. The molecule has 0 aromatic rings. The highest BCUT2D eigenvalue weighted by molar-refractivity contribution is 5.95. The van der Waals surface area contributed by atoms with Crippen molar-refractivity contribution < 1.29 is 19.5 Å².